The van der Waals surface area contributed by atoms with E-state index in [4.69, 9.17) is 4.42 Å². The molecule has 1 aromatic carbocycles. The van der Waals surface area contributed by atoms with Gasteiger partial charge in [0.1, 0.15) is 5.58 Å². The molecule has 0 aliphatic heterocycles. The van der Waals surface area contributed by atoms with Gasteiger partial charge in [-0.25, -0.2) is 4.79 Å². The van der Waals surface area contributed by atoms with E-state index in [2.05, 4.69) is 10.4 Å². The summed E-state index contributed by atoms with van der Waals surface area (Å²) in [6.07, 6.45) is 4.69. The number of carboxylic acids is 1. The van der Waals surface area contributed by atoms with Crippen LogP contribution in [0, 0.1) is 13.8 Å². The molecule has 0 saturated carbocycles. The van der Waals surface area contributed by atoms with Crippen molar-refractivity contribution in [1.82, 2.24) is 9.78 Å². The molecule has 2 aromatic heterocycles. The molecule has 2 N–H and O–H groups in total. The lowest BCUT2D eigenvalue weighted by Crippen LogP contribution is -2.35. The van der Waals surface area contributed by atoms with E-state index >= 15 is 0 Å². The van der Waals surface area contributed by atoms with Crippen molar-refractivity contribution in [1.29, 1.82) is 0 Å². The van der Waals surface area contributed by atoms with Gasteiger partial charge in [-0.05, 0) is 51.0 Å². The van der Waals surface area contributed by atoms with Crippen molar-refractivity contribution in [3.63, 3.8) is 0 Å². The first-order chi connectivity index (χ1) is 12.2. The number of aliphatic carboxylic acids is 1. The second kappa shape index (κ2) is 6.33. The Bertz CT molecular complexity index is 998. The first-order valence-corrected chi connectivity index (χ1v) is 8.24. The Balaban J connectivity index is 1.75. The lowest BCUT2D eigenvalue weighted by molar-refractivity contribution is -0.146. The Labute approximate surface area is 150 Å². The monoisotopic (exact) mass is 355 g/mol. The van der Waals surface area contributed by atoms with E-state index in [1.165, 1.54) is 30.9 Å². The van der Waals surface area contributed by atoms with Crippen LogP contribution in [-0.2, 0) is 21.5 Å². The van der Waals surface area contributed by atoms with Crippen LogP contribution in [-0.4, -0.2) is 26.8 Å². The molecular formula is C19H21N3O4. The lowest BCUT2D eigenvalue weighted by atomic mass is 10.0. The zero-order valence-corrected chi connectivity index (χ0v) is 15.2. The summed E-state index contributed by atoms with van der Waals surface area (Å²) < 4.78 is 6.86. The Morgan fingerprint density at radius 1 is 1.27 bits per heavy atom. The van der Waals surface area contributed by atoms with E-state index in [0.29, 0.717) is 5.69 Å². The highest BCUT2D eigenvalue weighted by Crippen LogP contribution is 2.25. The van der Waals surface area contributed by atoms with E-state index in [0.717, 1.165) is 27.7 Å². The topological polar surface area (TPSA) is 97.4 Å². The predicted octanol–water partition coefficient (Wildman–Crippen LogP) is 3.25. The third-order valence-electron chi connectivity index (χ3n) is 4.58. The number of hydrogen-bond acceptors (Lipinski definition) is 4. The number of anilines is 1. The van der Waals surface area contributed by atoms with E-state index < -0.39 is 11.5 Å². The first-order valence-electron chi connectivity index (χ1n) is 8.24. The minimum atomic E-state index is -1.20. The molecule has 7 nitrogen and oxygen atoms in total. The molecule has 26 heavy (non-hydrogen) atoms. The Hall–Kier alpha value is -3.09. The number of fused-ring (bicyclic) bond motifs is 1. The summed E-state index contributed by atoms with van der Waals surface area (Å²) in [7, 11) is 0. The summed E-state index contributed by atoms with van der Waals surface area (Å²) in [6, 6.07) is 3.98. The maximum Gasteiger partial charge on any atom is 0.331 e. The fourth-order valence-electron chi connectivity index (χ4n) is 2.64. The van der Waals surface area contributed by atoms with Gasteiger partial charge in [-0.2, -0.15) is 5.10 Å². The smallest absolute Gasteiger partial charge is 0.331 e. The lowest BCUT2D eigenvalue weighted by Gasteiger charge is -2.19. The maximum absolute atomic E-state index is 12.4. The summed E-state index contributed by atoms with van der Waals surface area (Å²) in [5.74, 6) is -1.23. The molecule has 0 radical (unpaired) electrons. The number of nitrogens with zero attached hydrogens (tertiary/aromatic N) is 2. The predicted molar refractivity (Wildman–Crippen MR) is 97.2 cm³/mol. The van der Waals surface area contributed by atoms with Crippen LogP contribution in [0.2, 0.25) is 0 Å². The van der Waals surface area contributed by atoms with E-state index in [1.807, 2.05) is 26.0 Å². The van der Waals surface area contributed by atoms with Crippen molar-refractivity contribution in [2.75, 3.05) is 5.32 Å². The molecule has 0 atom stereocenters. The molecule has 2 heterocycles. The van der Waals surface area contributed by atoms with Gasteiger partial charge in [-0.15, -0.1) is 0 Å². The van der Waals surface area contributed by atoms with Gasteiger partial charge in [0.2, 0.25) is 5.91 Å². The SMILES string of the molecule is Cc1cc2occ(CC(=O)Nc3cnn(C(C)(C)C(=O)O)c3)c2cc1C. The van der Waals surface area contributed by atoms with Crippen LogP contribution in [0.1, 0.15) is 30.5 Å². The summed E-state index contributed by atoms with van der Waals surface area (Å²) in [5, 5.41) is 16.9. The van der Waals surface area contributed by atoms with E-state index in [9.17, 15) is 14.7 Å². The number of rotatable bonds is 5. The Kier molecular flexibility index (Phi) is 4.31. The normalized spacial score (nSPS) is 11.7. The number of carboxylic acid groups (broad SMARTS) is 1. The van der Waals surface area contributed by atoms with Crippen molar-refractivity contribution in [2.24, 2.45) is 0 Å². The Morgan fingerprint density at radius 2 is 1.96 bits per heavy atom. The van der Waals surface area contributed by atoms with Gasteiger partial charge >= 0.3 is 5.97 Å². The van der Waals surface area contributed by atoms with Crippen LogP contribution in [0.3, 0.4) is 0 Å². The third-order valence-corrected chi connectivity index (χ3v) is 4.58. The number of aryl methyl sites for hydroxylation is 2. The van der Waals surface area contributed by atoms with Gasteiger partial charge in [0.25, 0.3) is 0 Å². The first kappa shape index (κ1) is 17.7. The number of nitrogens with one attached hydrogen (secondary N) is 1. The molecule has 136 valence electrons. The fourth-order valence-corrected chi connectivity index (χ4v) is 2.64. The Morgan fingerprint density at radius 3 is 2.65 bits per heavy atom. The molecule has 3 aromatic rings. The molecule has 0 aliphatic carbocycles. The molecule has 0 bridgehead atoms. The van der Waals surface area contributed by atoms with Crippen LogP contribution >= 0.6 is 0 Å². The van der Waals surface area contributed by atoms with Gasteiger partial charge < -0.3 is 14.8 Å². The number of furan rings is 1. The van der Waals surface area contributed by atoms with Crippen molar-refractivity contribution in [2.45, 2.75) is 39.7 Å². The third kappa shape index (κ3) is 3.20. The average molecular weight is 355 g/mol. The second-order valence-corrected chi connectivity index (χ2v) is 6.96. The van der Waals surface area contributed by atoms with Crippen LogP contribution in [0.4, 0.5) is 5.69 Å². The number of amides is 1. The molecular weight excluding hydrogens is 334 g/mol. The zero-order valence-electron chi connectivity index (χ0n) is 15.2. The minimum Gasteiger partial charge on any atom is -0.479 e. The molecule has 3 rings (SSSR count). The number of hydrogen-bond donors (Lipinski definition) is 2. The van der Waals surface area contributed by atoms with Gasteiger partial charge in [0.05, 0.1) is 24.6 Å². The average Bonchev–Trinajstić information content (AvgIpc) is 3.16. The van der Waals surface area contributed by atoms with Crippen LogP contribution in [0.25, 0.3) is 11.0 Å². The highest BCUT2D eigenvalue weighted by atomic mass is 16.4. The minimum absolute atomic E-state index is 0.156. The molecule has 1 amide bonds. The molecule has 0 unspecified atom stereocenters. The maximum atomic E-state index is 12.4. The van der Waals surface area contributed by atoms with E-state index in [-0.39, 0.29) is 12.3 Å². The second-order valence-electron chi connectivity index (χ2n) is 6.96. The van der Waals surface area contributed by atoms with Crippen molar-refractivity contribution in [3.8, 4) is 0 Å². The largest absolute Gasteiger partial charge is 0.479 e. The summed E-state index contributed by atoms with van der Waals surface area (Å²) >= 11 is 0. The highest BCUT2D eigenvalue weighted by molar-refractivity contribution is 5.95. The van der Waals surface area contributed by atoms with Gasteiger partial charge in [-0.1, -0.05) is 0 Å². The molecule has 7 heteroatoms. The summed E-state index contributed by atoms with van der Waals surface area (Å²) in [6.45, 7) is 7.11. The van der Waals surface area contributed by atoms with Crippen molar-refractivity contribution < 1.29 is 19.1 Å². The van der Waals surface area contributed by atoms with Gasteiger partial charge in [-0.3, -0.25) is 9.48 Å². The standard InChI is InChI=1S/C19H21N3O4/c1-11-5-15-13(10-26-16(15)6-12(11)2)7-17(23)21-14-8-20-22(9-14)19(3,4)18(24)25/h5-6,8-10H,7H2,1-4H3,(H,21,23)(H,24,25). The van der Waals surface area contributed by atoms with Crippen LogP contribution < -0.4 is 5.32 Å². The quantitative estimate of drug-likeness (QED) is 0.732. The van der Waals surface area contributed by atoms with Crippen LogP contribution in [0.15, 0.2) is 35.2 Å². The molecule has 0 aliphatic rings. The molecule has 0 spiro atoms. The number of benzene rings is 1. The zero-order chi connectivity index (χ0) is 19.1. The van der Waals surface area contributed by atoms with E-state index in [1.54, 1.807) is 6.26 Å². The number of aromatic nitrogens is 2. The molecule has 0 fully saturated rings. The van der Waals surface area contributed by atoms with Gasteiger partial charge in [0, 0.05) is 17.1 Å². The summed E-state index contributed by atoms with van der Waals surface area (Å²) in [5.41, 5.74) is 3.09. The van der Waals surface area contributed by atoms with Gasteiger partial charge in [0.15, 0.2) is 5.54 Å². The van der Waals surface area contributed by atoms with Crippen molar-refractivity contribution >= 4 is 28.5 Å². The van der Waals surface area contributed by atoms with Crippen LogP contribution in [0.5, 0.6) is 0 Å². The fraction of sp³-hybridized carbons (Fsp3) is 0.316. The highest BCUT2D eigenvalue weighted by Gasteiger charge is 2.30. The number of carbonyl (C=O) groups excluding carboxylic acids is 1. The number of carbonyl (C=O) groups is 2. The summed E-state index contributed by atoms with van der Waals surface area (Å²) in [4.78, 5) is 23.6. The molecule has 0 saturated heterocycles. The van der Waals surface area contributed by atoms with Crippen molar-refractivity contribution in [3.05, 3.63) is 47.5 Å².